The van der Waals surface area contributed by atoms with E-state index in [0.29, 0.717) is 6.04 Å². The molecule has 0 saturated carbocycles. The lowest BCUT2D eigenvalue weighted by Gasteiger charge is -2.36. The highest BCUT2D eigenvalue weighted by atomic mass is 35.5. The summed E-state index contributed by atoms with van der Waals surface area (Å²) in [6, 6.07) is 13.2. The summed E-state index contributed by atoms with van der Waals surface area (Å²) in [5, 5.41) is 13.2. The van der Waals surface area contributed by atoms with Gasteiger partial charge >= 0.3 is 0 Å². The number of nitrogens with one attached hydrogen (secondary N) is 1. The van der Waals surface area contributed by atoms with Crippen LogP contribution in [0.15, 0.2) is 36.4 Å². The summed E-state index contributed by atoms with van der Waals surface area (Å²) in [5.41, 5.74) is 5.36. The first-order chi connectivity index (χ1) is 16.6. The van der Waals surface area contributed by atoms with Crippen LogP contribution in [0.2, 0.25) is 5.02 Å². The lowest BCUT2D eigenvalue weighted by molar-refractivity contribution is 0.0123. The fraction of sp³-hybridized carbons (Fsp3) is 0.538. The van der Waals surface area contributed by atoms with E-state index in [4.69, 9.17) is 16.3 Å². The summed E-state index contributed by atoms with van der Waals surface area (Å²) in [4.78, 5) is 4.85. The van der Waals surface area contributed by atoms with Gasteiger partial charge in [0.1, 0.15) is 5.52 Å². The van der Waals surface area contributed by atoms with Crippen molar-refractivity contribution in [1.82, 2.24) is 25.2 Å². The molecule has 0 amide bonds. The number of halogens is 1. The summed E-state index contributed by atoms with van der Waals surface area (Å²) in [7, 11) is 0. The summed E-state index contributed by atoms with van der Waals surface area (Å²) in [6.45, 7) is 10.8. The third kappa shape index (κ3) is 5.23. The number of rotatable bonds is 7. The van der Waals surface area contributed by atoms with Gasteiger partial charge in [-0.2, -0.15) is 0 Å². The van der Waals surface area contributed by atoms with Crippen LogP contribution in [0.1, 0.15) is 43.4 Å². The zero-order valence-corrected chi connectivity index (χ0v) is 21.0. The number of aromatic nitrogens is 3. The van der Waals surface area contributed by atoms with Crippen LogP contribution in [0.5, 0.6) is 0 Å². The summed E-state index contributed by atoms with van der Waals surface area (Å²) in [5.74, 6) is 0. The molecule has 3 heterocycles. The second-order valence-electron chi connectivity index (χ2n) is 9.66. The van der Waals surface area contributed by atoms with E-state index in [2.05, 4.69) is 69.6 Å². The summed E-state index contributed by atoms with van der Waals surface area (Å²) in [6.07, 6.45) is 3.84. The molecule has 2 unspecified atom stereocenters. The molecule has 5 rings (SSSR count). The standard InChI is InChI=1S/C26H35ClN6O/c1-19-6-8-23(24(27)15-19)20(2)33-26-16-22(7-9-25(26)29-30-33)32-13-11-31(12-14-32)18-34-17-21-5-3-4-10-28-21/h6-9,15-16,20-21,28H,3-5,10-14,17-18H2,1-2H3. The molecule has 34 heavy (non-hydrogen) atoms. The van der Waals surface area contributed by atoms with Crippen LogP contribution >= 0.6 is 11.6 Å². The van der Waals surface area contributed by atoms with Crippen molar-refractivity contribution in [2.24, 2.45) is 0 Å². The zero-order chi connectivity index (χ0) is 23.5. The van der Waals surface area contributed by atoms with Crippen molar-refractivity contribution < 1.29 is 4.74 Å². The molecule has 8 heteroatoms. The van der Waals surface area contributed by atoms with E-state index >= 15 is 0 Å². The van der Waals surface area contributed by atoms with Crippen molar-refractivity contribution >= 4 is 28.3 Å². The molecule has 1 aromatic heterocycles. The van der Waals surface area contributed by atoms with E-state index in [1.54, 1.807) is 0 Å². The van der Waals surface area contributed by atoms with Gasteiger partial charge in [0.05, 0.1) is 24.9 Å². The Balaban J connectivity index is 1.22. The van der Waals surface area contributed by atoms with Gasteiger partial charge in [-0.3, -0.25) is 4.90 Å². The Morgan fingerprint density at radius 1 is 1.12 bits per heavy atom. The van der Waals surface area contributed by atoms with Gasteiger partial charge in [0, 0.05) is 42.9 Å². The van der Waals surface area contributed by atoms with Gasteiger partial charge in [0.15, 0.2) is 0 Å². The monoisotopic (exact) mass is 482 g/mol. The van der Waals surface area contributed by atoms with Crippen LogP contribution in [0.25, 0.3) is 11.0 Å². The minimum atomic E-state index is 0.000926. The van der Waals surface area contributed by atoms with Crippen molar-refractivity contribution in [3.63, 3.8) is 0 Å². The molecule has 0 radical (unpaired) electrons. The predicted octanol–water partition coefficient (Wildman–Crippen LogP) is 4.24. The Hall–Kier alpha value is -2.19. The maximum atomic E-state index is 6.55. The van der Waals surface area contributed by atoms with Crippen molar-refractivity contribution in [1.29, 1.82) is 0 Å². The Kier molecular flexibility index (Phi) is 7.34. The fourth-order valence-corrected chi connectivity index (χ4v) is 5.43. The maximum absolute atomic E-state index is 6.55. The van der Waals surface area contributed by atoms with Crippen LogP contribution in [-0.4, -0.2) is 72.0 Å². The number of hydrogen-bond acceptors (Lipinski definition) is 6. The van der Waals surface area contributed by atoms with E-state index in [9.17, 15) is 0 Å². The van der Waals surface area contributed by atoms with Crippen molar-refractivity contribution in [2.75, 3.05) is 51.0 Å². The molecule has 2 aromatic carbocycles. The average Bonchev–Trinajstić information content (AvgIpc) is 3.28. The highest BCUT2D eigenvalue weighted by Gasteiger charge is 2.21. The Morgan fingerprint density at radius 3 is 2.74 bits per heavy atom. The zero-order valence-electron chi connectivity index (χ0n) is 20.2. The first-order valence-electron chi connectivity index (χ1n) is 12.5. The van der Waals surface area contributed by atoms with Gasteiger partial charge < -0.3 is 15.0 Å². The van der Waals surface area contributed by atoms with E-state index in [1.165, 1.54) is 24.9 Å². The van der Waals surface area contributed by atoms with Gasteiger partial charge in [-0.1, -0.05) is 35.4 Å². The van der Waals surface area contributed by atoms with Gasteiger partial charge in [-0.15, -0.1) is 5.10 Å². The quantitative estimate of drug-likeness (QED) is 0.543. The maximum Gasteiger partial charge on any atom is 0.113 e. The summed E-state index contributed by atoms with van der Waals surface area (Å²) >= 11 is 6.55. The number of nitrogens with zero attached hydrogens (tertiary/aromatic N) is 5. The second kappa shape index (κ2) is 10.6. The normalized spacial score (nSPS) is 20.7. The Labute approximate surface area is 207 Å². The molecule has 0 spiro atoms. The van der Waals surface area contributed by atoms with Crippen molar-refractivity contribution in [3.05, 3.63) is 52.5 Å². The van der Waals surface area contributed by atoms with E-state index in [-0.39, 0.29) is 6.04 Å². The number of piperazine rings is 1. The molecule has 2 aliphatic rings. The highest BCUT2D eigenvalue weighted by molar-refractivity contribution is 6.31. The largest absolute Gasteiger partial charge is 0.369 e. The molecule has 0 bridgehead atoms. The number of fused-ring (bicyclic) bond motifs is 1. The van der Waals surface area contributed by atoms with Gasteiger partial charge in [0.25, 0.3) is 0 Å². The molecule has 1 N–H and O–H groups in total. The van der Waals surface area contributed by atoms with Gasteiger partial charge in [0.2, 0.25) is 0 Å². The number of piperidine rings is 1. The molecule has 2 saturated heterocycles. The van der Waals surface area contributed by atoms with E-state index in [1.807, 2.05) is 10.7 Å². The average molecular weight is 483 g/mol. The minimum absolute atomic E-state index is 0.000926. The van der Waals surface area contributed by atoms with Gasteiger partial charge in [-0.25, -0.2) is 4.68 Å². The number of hydrogen-bond donors (Lipinski definition) is 1. The molecular formula is C26H35ClN6O. The molecule has 0 aliphatic carbocycles. The number of aryl methyl sites for hydroxylation is 1. The molecule has 2 aliphatic heterocycles. The molecule has 7 nitrogen and oxygen atoms in total. The van der Waals surface area contributed by atoms with Gasteiger partial charge in [-0.05, 0) is 68.6 Å². The summed E-state index contributed by atoms with van der Waals surface area (Å²) < 4.78 is 8.00. The van der Waals surface area contributed by atoms with E-state index < -0.39 is 0 Å². The minimum Gasteiger partial charge on any atom is -0.369 e. The first kappa shape index (κ1) is 23.5. The lowest BCUT2D eigenvalue weighted by Crippen LogP contribution is -2.47. The lowest BCUT2D eigenvalue weighted by atomic mass is 10.1. The fourth-order valence-electron chi connectivity index (χ4n) is 5.04. The third-order valence-electron chi connectivity index (χ3n) is 7.17. The SMILES string of the molecule is Cc1ccc(C(C)n2nnc3ccc(N4CCN(COCC5CCCCN5)CC4)cc32)c(Cl)c1. The first-order valence-corrected chi connectivity index (χ1v) is 12.9. The Bertz CT molecular complexity index is 1100. The van der Waals surface area contributed by atoms with Crippen molar-refractivity contribution in [2.45, 2.75) is 45.2 Å². The molecule has 2 atom stereocenters. The van der Waals surface area contributed by atoms with Crippen LogP contribution in [-0.2, 0) is 4.74 Å². The van der Waals surface area contributed by atoms with Crippen LogP contribution in [0.3, 0.4) is 0 Å². The van der Waals surface area contributed by atoms with Crippen LogP contribution in [0.4, 0.5) is 5.69 Å². The second-order valence-corrected chi connectivity index (χ2v) is 10.1. The van der Waals surface area contributed by atoms with E-state index in [0.717, 1.165) is 73.2 Å². The number of anilines is 1. The van der Waals surface area contributed by atoms with Crippen molar-refractivity contribution in [3.8, 4) is 0 Å². The van der Waals surface area contributed by atoms with Crippen LogP contribution in [0, 0.1) is 6.92 Å². The Morgan fingerprint density at radius 2 is 1.97 bits per heavy atom. The third-order valence-corrected chi connectivity index (χ3v) is 7.50. The number of ether oxygens (including phenoxy) is 1. The highest BCUT2D eigenvalue weighted by Crippen LogP contribution is 2.30. The molecule has 182 valence electrons. The molecule has 2 fully saturated rings. The molecular weight excluding hydrogens is 448 g/mol. The topological polar surface area (TPSA) is 58.5 Å². The predicted molar refractivity (Wildman–Crippen MR) is 138 cm³/mol. The number of benzene rings is 2. The van der Waals surface area contributed by atoms with Crippen LogP contribution < -0.4 is 10.2 Å². The smallest absolute Gasteiger partial charge is 0.113 e. The molecule has 3 aromatic rings.